The van der Waals surface area contributed by atoms with Crippen molar-refractivity contribution >= 4 is 58.4 Å². The molecule has 8 heteroatoms. The van der Waals surface area contributed by atoms with E-state index in [2.05, 4.69) is 40.5 Å². The van der Waals surface area contributed by atoms with E-state index in [0.29, 0.717) is 20.8 Å². The third-order valence-electron chi connectivity index (χ3n) is 3.68. The van der Waals surface area contributed by atoms with Crippen LogP contribution in [0.1, 0.15) is 23.5 Å². The van der Waals surface area contributed by atoms with E-state index < -0.39 is 13.4 Å². The number of benzene rings is 1. The summed E-state index contributed by atoms with van der Waals surface area (Å²) in [6.07, 6.45) is 6.09. The van der Waals surface area contributed by atoms with Crippen LogP contribution >= 0.6 is 46.0 Å². The molecule has 1 heterocycles. The maximum Gasteiger partial charge on any atom is 0.321 e. The average molecular weight is 470 g/mol. The van der Waals surface area contributed by atoms with Gasteiger partial charge in [0.25, 0.3) is 0 Å². The summed E-state index contributed by atoms with van der Waals surface area (Å²) in [6, 6.07) is 3.60. The van der Waals surface area contributed by atoms with Gasteiger partial charge >= 0.3 is 6.55 Å². The molecule has 2 aromatic rings. The number of hydrogen-bond donors (Lipinski definition) is 0. The van der Waals surface area contributed by atoms with Crippen LogP contribution in [0.15, 0.2) is 16.4 Å². The maximum absolute atomic E-state index is 13.2. The Balaban J connectivity index is 2.67. The zero-order chi connectivity index (χ0) is 19.1. The van der Waals surface area contributed by atoms with Gasteiger partial charge in [-0.2, -0.15) is 8.78 Å². The molecule has 0 bridgehead atoms. The minimum absolute atomic E-state index is 0.0862. The maximum atomic E-state index is 13.2. The van der Waals surface area contributed by atoms with Crippen molar-refractivity contribution in [2.24, 2.45) is 0 Å². The van der Waals surface area contributed by atoms with Gasteiger partial charge in [-0.05, 0) is 56.5 Å². The Morgan fingerprint density at radius 1 is 1.32 bits per heavy atom. The van der Waals surface area contributed by atoms with Gasteiger partial charge in [-0.15, -0.1) is 0 Å². The van der Waals surface area contributed by atoms with E-state index in [9.17, 15) is 8.78 Å². The van der Waals surface area contributed by atoms with Crippen LogP contribution in [-0.4, -0.2) is 29.2 Å². The summed E-state index contributed by atoms with van der Waals surface area (Å²) >= 11 is 16.1. The highest BCUT2D eigenvalue weighted by molar-refractivity contribution is 9.13. The highest BCUT2D eigenvalue weighted by Crippen LogP contribution is 2.50. The van der Waals surface area contributed by atoms with Crippen molar-refractivity contribution in [2.75, 3.05) is 13.3 Å². The summed E-state index contributed by atoms with van der Waals surface area (Å²) in [7, 11) is 0. The van der Waals surface area contributed by atoms with Gasteiger partial charge in [-0.25, -0.2) is 4.98 Å². The highest BCUT2D eigenvalue weighted by Gasteiger charge is 2.22. The third kappa shape index (κ3) is 4.39. The van der Waals surface area contributed by atoms with E-state index in [1.54, 1.807) is 6.07 Å². The van der Waals surface area contributed by atoms with E-state index in [-0.39, 0.29) is 11.0 Å². The van der Waals surface area contributed by atoms with Crippen molar-refractivity contribution in [2.45, 2.75) is 20.4 Å². The number of halogens is 5. The number of alkyl halides is 2. The van der Waals surface area contributed by atoms with Gasteiger partial charge in [-0.3, -0.25) is 4.57 Å². The van der Waals surface area contributed by atoms with E-state index in [1.165, 1.54) is 6.92 Å². The Morgan fingerprint density at radius 3 is 2.40 bits per heavy atom. The van der Waals surface area contributed by atoms with Gasteiger partial charge in [-0.1, -0.05) is 52.3 Å². The predicted molar refractivity (Wildman–Crippen MR) is 111 cm³/mol. The van der Waals surface area contributed by atoms with Gasteiger partial charge in [0, 0.05) is 14.8 Å². The van der Waals surface area contributed by atoms with Crippen LogP contribution in [0, 0.1) is 13.8 Å². The van der Waals surface area contributed by atoms with Crippen LogP contribution < -0.4 is 0 Å². The first-order chi connectivity index (χ1) is 11.4. The minimum Gasteiger partial charge on any atom is -0.260 e. The van der Waals surface area contributed by atoms with Gasteiger partial charge in [0.2, 0.25) is 0 Å². The molecule has 0 spiro atoms. The standard InChI is InChI=1S/C17H18BrCl2F2N2P/c1-9-6-13(19)11(8-14(18)25(3,4)5)7-12(9)15-16(20)24(17(21)22)10(2)23-15/h6-8,17H,3H2,1-2,4-5H3/b14-8+. The molecule has 0 radical (unpaired) electrons. The molecule has 0 aliphatic rings. The monoisotopic (exact) mass is 468 g/mol. The molecule has 136 valence electrons. The third-order valence-corrected chi connectivity index (χ3v) is 8.76. The molecule has 0 saturated heterocycles. The number of rotatable bonds is 4. The molecule has 0 fully saturated rings. The molecule has 0 aliphatic heterocycles. The van der Waals surface area contributed by atoms with Gasteiger partial charge in [0.05, 0.1) is 0 Å². The molecular weight excluding hydrogens is 452 g/mol. The Bertz CT molecular complexity index is 901. The Morgan fingerprint density at radius 2 is 1.92 bits per heavy atom. The first-order valence-corrected chi connectivity index (χ1v) is 11.7. The average Bonchev–Trinajstić information content (AvgIpc) is 2.75. The summed E-state index contributed by atoms with van der Waals surface area (Å²) in [6.45, 7) is 3.25. The van der Waals surface area contributed by atoms with Crippen molar-refractivity contribution in [3.05, 3.63) is 43.5 Å². The molecule has 0 unspecified atom stereocenters. The summed E-state index contributed by atoms with van der Waals surface area (Å²) in [5, 5.41) is 0.477. The molecule has 0 aliphatic carbocycles. The molecule has 0 amide bonds. The van der Waals surface area contributed by atoms with Crippen LogP contribution in [0.3, 0.4) is 0 Å². The Hall–Kier alpha value is -0.610. The molecule has 0 atom stereocenters. The molecule has 1 aromatic heterocycles. The highest BCUT2D eigenvalue weighted by atomic mass is 79.9. The lowest BCUT2D eigenvalue weighted by molar-refractivity contribution is 0.0683. The number of hydrogen-bond acceptors (Lipinski definition) is 1. The molecule has 25 heavy (non-hydrogen) atoms. The lowest BCUT2D eigenvalue weighted by atomic mass is 10.0. The lowest BCUT2D eigenvalue weighted by Gasteiger charge is -2.13. The fourth-order valence-corrected chi connectivity index (χ4v) is 3.62. The largest absolute Gasteiger partial charge is 0.321 e. The zero-order valence-corrected chi connectivity index (χ0v) is 18.2. The molecule has 2 nitrogen and oxygen atoms in total. The fourth-order valence-electron chi connectivity index (χ4n) is 2.27. The van der Waals surface area contributed by atoms with Crippen LogP contribution in [0.2, 0.25) is 10.2 Å². The first-order valence-electron chi connectivity index (χ1n) is 7.32. The van der Waals surface area contributed by atoms with Crippen LogP contribution in [0.4, 0.5) is 8.78 Å². The van der Waals surface area contributed by atoms with Crippen molar-refractivity contribution < 1.29 is 8.78 Å². The number of aromatic nitrogens is 2. The summed E-state index contributed by atoms with van der Waals surface area (Å²) in [5.74, 6) is 0.160. The Labute approximate surface area is 165 Å². The topological polar surface area (TPSA) is 17.8 Å². The van der Waals surface area contributed by atoms with Crippen molar-refractivity contribution in [1.82, 2.24) is 9.55 Å². The normalized spacial score (nSPS) is 13.0. The SMILES string of the molecule is C=P(C)(C)/C(Br)=C/c1cc(-c2nc(C)n(C(F)F)c2Cl)c(C)cc1Cl. The van der Waals surface area contributed by atoms with Gasteiger partial charge < -0.3 is 0 Å². The molecule has 1 aromatic carbocycles. The van der Waals surface area contributed by atoms with E-state index >= 15 is 0 Å². The number of imidazole rings is 1. The quantitative estimate of drug-likeness (QED) is 0.430. The summed E-state index contributed by atoms with van der Waals surface area (Å²) in [5.41, 5.74) is 2.56. The second kappa shape index (κ2) is 7.56. The molecule has 2 rings (SSSR count). The summed E-state index contributed by atoms with van der Waals surface area (Å²) < 4.78 is 28.0. The second-order valence-electron chi connectivity index (χ2n) is 6.29. The predicted octanol–water partition coefficient (Wildman–Crippen LogP) is 7.27. The van der Waals surface area contributed by atoms with Crippen molar-refractivity contribution in [1.29, 1.82) is 0 Å². The summed E-state index contributed by atoms with van der Waals surface area (Å²) in [4.78, 5) is 4.23. The zero-order valence-electron chi connectivity index (χ0n) is 14.2. The fraction of sp³-hybridized carbons (Fsp3) is 0.294. The Kier molecular flexibility index (Phi) is 6.26. The van der Waals surface area contributed by atoms with Gasteiger partial charge in [0.15, 0.2) is 0 Å². The number of aryl methyl sites for hydroxylation is 2. The van der Waals surface area contributed by atoms with E-state index in [1.807, 2.05) is 19.1 Å². The van der Waals surface area contributed by atoms with Gasteiger partial charge in [0.1, 0.15) is 16.7 Å². The lowest BCUT2D eigenvalue weighted by Crippen LogP contribution is -2.00. The number of nitrogens with zero attached hydrogens (tertiary/aromatic N) is 2. The van der Waals surface area contributed by atoms with E-state index in [0.717, 1.165) is 15.4 Å². The smallest absolute Gasteiger partial charge is 0.260 e. The van der Waals surface area contributed by atoms with Crippen LogP contribution in [0.25, 0.3) is 17.3 Å². The van der Waals surface area contributed by atoms with Crippen molar-refractivity contribution in [3.63, 3.8) is 0 Å². The molecular formula is C17H18BrCl2F2N2P. The molecule has 0 N–H and O–H groups in total. The molecule has 0 saturated carbocycles. The van der Waals surface area contributed by atoms with Crippen molar-refractivity contribution in [3.8, 4) is 11.3 Å². The van der Waals surface area contributed by atoms with Crippen LogP contribution in [0.5, 0.6) is 0 Å². The van der Waals surface area contributed by atoms with E-state index in [4.69, 9.17) is 23.2 Å². The second-order valence-corrected chi connectivity index (χ2v) is 12.4. The first kappa shape index (κ1) is 20.7. The minimum atomic E-state index is -2.74. The van der Waals surface area contributed by atoms with Crippen LogP contribution in [-0.2, 0) is 0 Å².